The van der Waals surface area contributed by atoms with Gasteiger partial charge in [0.05, 0.1) is 12.7 Å². The van der Waals surface area contributed by atoms with Crippen molar-refractivity contribution in [2.45, 2.75) is 13.8 Å². The number of hydrogen-bond donors (Lipinski definition) is 2. The van der Waals surface area contributed by atoms with Gasteiger partial charge in [-0.3, -0.25) is 14.4 Å². The molecule has 0 aliphatic carbocycles. The average molecular weight is 380 g/mol. The SMILES string of the molecule is COC(=O)c1cccc(NC(=O)/C=C(/C)C(=O)Nc2ccc(C(C)=O)cc2)c1. The topological polar surface area (TPSA) is 102 Å². The quantitative estimate of drug-likeness (QED) is 0.455. The van der Waals surface area contributed by atoms with Gasteiger partial charge in [0.25, 0.3) is 5.91 Å². The van der Waals surface area contributed by atoms with Crippen LogP contribution in [0, 0.1) is 0 Å². The molecule has 0 aliphatic heterocycles. The molecule has 144 valence electrons. The Bertz CT molecular complexity index is 946. The maximum absolute atomic E-state index is 12.2. The molecule has 0 fully saturated rings. The molecular formula is C21H20N2O5. The van der Waals surface area contributed by atoms with E-state index in [9.17, 15) is 19.2 Å². The van der Waals surface area contributed by atoms with Crippen LogP contribution in [-0.4, -0.2) is 30.7 Å². The van der Waals surface area contributed by atoms with E-state index in [0.29, 0.717) is 22.5 Å². The summed E-state index contributed by atoms with van der Waals surface area (Å²) in [6.07, 6.45) is 1.16. The van der Waals surface area contributed by atoms with E-state index in [0.717, 1.165) is 6.08 Å². The number of ether oxygens (including phenoxy) is 1. The fourth-order valence-electron chi connectivity index (χ4n) is 2.30. The summed E-state index contributed by atoms with van der Waals surface area (Å²) in [7, 11) is 1.27. The van der Waals surface area contributed by atoms with Gasteiger partial charge in [0.1, 0.15) is 0 Å². The number of anilines is 2. The Morgan fingerprint density at radius 1 is 0.857 bits per heavy atom. The van der Waals surface area contributed by atoms with E-state index in [-0.39, 0.29) is 11.4 Å². The minimum absolute atomic E-state index is 0.0677. The van der Waals surface area contributed by atoms with Crippen LogP contribution in [0.3, 0.4) is 0 Å². The predicted molar refractivity (Wildman–Crippen MR) is 105 cm³/mol. The first kappa shape index (κ1) is 20.6. The van der Waals surface area contributed by atoms with Crippen LogP contribution < -0.4 is 10.6 Å². The third-order valence-corrected chi connectivity index (χ3v) is 3.81. The smallest absolute Gasteiger partial charge is 0.337 e. The summed E-state index contributed by atoms with van der Waals surface area (Å²) in [5.41, 5.74) is 1.94. The maximum atomic E-state index is 12.2. The van der Waals surface area contributed by atoms with Crippen LogP contribution in [0.5, 0.6) is 0 Å². The Labute approximate surface area is 162 Å². The van der Waals surface area contributed by atoms with Crippen LogP contribution in [0.2, 0.25) is 0 Å². The van der Waals surface area contributed by atoms with E-state index in [2.05, 4.69) is 15.4 Å². The molecule has 0 saturated heterocycles. The number of nitrogens with one attached hydrogen (secondary N) is 2. The highest BCUT2D eigenvalue weighted by Gasteiger charge is 2.10. The zero-order valence-electron chi connectivity index (χ0n) is 15.7. The summed E-state index contributed by atoms with van der Waals surface area (Å²) >= 11 is 0. The number of esters is 1. The molecule has 2 rings (SSSR count). The number of amides is 2. The monoisotopic (exact) mass is 380 g/mol. The van der Waals surface area contributed by atoms with Gasteiger partial charge in [0, 0.05) is 28.6 Å². The van der Waals surface area contributed by atoms with Crippen molar-refractivity contribution < 1.29 is 23.9 Å². The first-order valence-corrected chi connectivity index (χ1v) is 8.40. The lowest BCUT2D eigenvalue weighted by Gasteiger charge is -2.07. The minimum atomic E-state index is -0.516. The molecular weight excluding hydrogens is 360 g/mol. The minimum Gasteiger partial charge on any atom is -0.465 e. The van der Waals surface area contributed by atoms with Crippen molar-refractivity contribution in [3.05, 3.63) is 71.3 Å². The number of carbonyl (C=O) groups excluding carboxylic acids is 4. The molecule has 0 saturated carbocycles. The lowest BCUT2D eigenvalue weighted by Crippen LogP contribution is -2.16. The summed E-state index contributed by atoms with van der Waals surface area (Å²) in [6.45, 7) is 2.96. The van der Waals surface area contributed by atoms with Crippen LogP contribution in [0.25, 0.3) is 0 Å². The van der Waals surface area contributed by atoms with E-state index in [1.165, 1.54) is 27.0 Å². The van der Waals surface area contributed by atoms with Crippen molar-refractivity contribution >= 4 is 34.9 Å². The van der Waals surface area contributed by atoms with E-state index < -0.39 is 17.8 Å². The second-order valence-electron chi connectivity index (χ2n) is 5.98. The normalized spacial score (nSPS) is 10.8. The fraction of sp³-hybridized carbons (Fsp3) is 0.143. The van der Waals surface area contributed by atoms with Crippen LogP contribution in [0.1, 0.15) is 34.6 Å². The zero-order valence-corrected chi connectivity index (χ0v) is 15.7. The largest absolute Gasteiger partial charge is 0.465 e. The molecule has 7 nitrogen and oxygen atoms in total. The molecule has 2 aromatic carbocycles. The standard InChI is InChI=1S/C21H20N2O5/c1-13(20(26)23-17-9-7-15(8-10-17)14(2)24)11-19(25)22-18-6-4-5-16(12-18)21(27)28-3/h4-12H,1-3H3,(H,22,25)(H,23,26)/b13-11-. The molecule has 2 amide bonds. The van der Waals surface area contributed by atoms with Gasteiger partial charge in [-0.05, 0) is 56.3 Å². The highest BCUT2D eigenvalue weighted by Crippen LogP contribution is 2.13. The van der Waals surface area contributed by atoms with Crippen LogP contribution >= 0.6 is 0 Å². The van der Waals surface area contributed by atoms with Gasteiger partial charge >= 0.3 is 5.97 Å². The second-order valence-corrected chi connectivity index (χ2v) is 5.98. The molecule has 2 N–H and O–H groups in total. The van der Waals surface area contributed by atoms with E-state index in [1.54, 1.807) is 42.5 Å². The van der Waals surface area contributed by atoms with Crippen molar-refractivity contribution in [3.63, 3.8) is 0 Å². The van der Waals surface area contributed by atoms with Gasteiger partial charge in [-0.2, -0.15) is 0 Å². The lowest BCUT2D eigenvalue weighted by molar-refractivity contribution is -0.114. The highest BCUT2D eigenvalue weighted by molar-refractivity contribution is 6.10. The molecule has 0 spiro atoms. The van der Waals surface area contributed by atoms with Crippen LogP contribution in [0.4, 0.5) is 11.4 Å². The van der Waals surface area contributed by atoms with Crippen LogP contribution in [0.15, 0.2) is 60.2 Å². The van der Waals surface area contributed by atoms with Crippen molar-refractivity contribution in [3.8, 4) is 0 Å². The molecule has 7 heteroatoms. The van der Waals surface area contributed by atoms with Gasteiger partial charge in [-0.15, -0.1) is 0 Å². The Kier molecular flexibility index (Phi) is 6.81. The van der Waals surface area contributed by atoms with Gasteiger partial charge in [-0.1, -0.05) is 6.07 Å². The van der Waals surface area contributed by atoms with Gasteiger partial charge in [0.2, 0.25) is 5.91 Å². The summed E-state index contributed by atoms with van der Waals surface area (Å²) in [5.74, 6) is -1.55. The molecule has 28 heavy (non-hydrogen) atoms. The number of benzene rings is 2. The number of hydrogen-bond acceptors (Lipinski definition) is 5. The maximum Gasteiger partial charge on any atom is 0.337 e. The van der Waals surface area contributed by atoms with Gasteiger partial charge in [-0.25, -0.2) is 4.79 Å². The Hall–Kier alpha value is -3.74. The van der Waals surface area contributed by atoms with Gasteiger partial charge in [0.15, 0.2) is 5.78 Å². The van der Waals surface area contributed by atoms with Crippen molar-refractivity contribution in [1.82, 2.24) is 0 Å². The van der Waals surface area contributed by atoms with Crippen LogP contribution in [-0.2, 0) is 14.3 Å². The number of ketones is 1. The number of Topliss-reactive ketones (excluding diaryl/α,β-unsaturated/α-hetero) is 1. The molecule has 0 bridgehead atoms. The van der Waals surface area contributed by atoms with Crippen molar-refractivity contribution in [2.24, 2.45) is 0 Å². The molecule has 0 atom stereocenters. The molecule has 0 radical (unpaired) electrons. The third-order valence-electron chi connectivity index (χ3n) is 3.81. The first-order valence-electron chi connectivity index (χ1n) is 8.40. The summed E-state index contributed by atoms with van der Waals surface area (Å²) in [6, 6.07) is 12.7. The Morgan fingerprint density at radius 3 is 2.14 bits per heavy atom. The van der Waals surface area contributed by atoms with Crippen molar-refractivity contribution in [2.75, 3.05) is 17.7 Å². The molecule has 0 heterocycles. The van der Waals surface area contributed by atoms with Crippen molar-refractivity contribution in [1.29, 1.82) is 0 Å². The molecule has 0 aromatic heterocycles. The number of rotatable bonds is 6. The molecule has 2 aromatic rings. The average Bonchev–Trinajstić information content (AvgIpc) is 2.67. The predicted octanol–water partition coefficient (Wildman–Crippen LogP) is 3.20. The summed E-state index contributed by atoms with van der Waals surface area (Å²) in [5, 5.41) is 5.24. The van der Waals surface area contributed by atoms with E-state index in [1.807, 2.05) is 0 Å². The second kappa shape index (κ2) is 9.27. The highest BCUT2D eigenvalue weighted by atomic mass is 16.5. The number of methoxy groups -OCH3 is 1. The Morgan fingerprint density at radius 2 is 1.54 bits per heavy atom. The molecule has 0 aliphatic rings. The van der Waals surface area contributed by atoms with E-state index >= 15 is 0 Å². The zero-order chi connectivity index (χ0) is 20.7. The lowest BCUT2D eigenvalue weighted by atomic mass is 10.1. The van der Waals surface area contributed by atoms with Gasteiger partial charge < -0.3 is 15.4 Å². The Balaban J connectivity index is 2.01. The third kappa shape index (κ3) is 5.63. The molecule has 0 unspecified atom stereocenters. The summed E-state index contributed by atoms with van der Waals surface area (Å²) in [4.78, 5) is 47.1. The number of carbonyl (C=O) groups is 4. The fourth-order valence-corrected chi connectivity index (χ4v) is 2.30. The summed E-state index contributed by atoms with van der Waals surface area (Å²) < 4.78 is 4.63. The first-order chi connectivity index (χ1) is 13.3. The van der Waals surface area contributed by atoms with E-state index in [4.69, 9.17) is 0 Å².